The summed E-state index contributed by atoms with van der Waals surface area (Å²) in [6.07, 6.45) is 0.859. The van der Waals surface area contributed by atoms with E-state index in [0.29, 0.717) is 38.0 Å². The monoisotopic (exact) mass is 558 g/mol. The quantitative estimate of drug-likeness (QED) is 0.116. The number of ether oxygens (including phenoxy) is 3. The molecule has 0 aliphatic rings. The van der Waals surface area contributed by atoms with E-state index >= 15 is 0 Å². The number of nitrogens with two attached hydrogens (primary N) is 1. The smallest absolute Gasteiger partial charge is 0.408 e. The molecule has 0 fully saturated rings. The van der Waals surface area contributed by atoms with Crippen LogP contribution in [0.4, 0.5) is 4.79 Å². The zero-order valence-corrected chi connectivity index (χ0v) is 22.9. The molecule has 0 saturated carbocycles. The van der Waals surface area contributed by atoms with Crippen molar-refractivity contribution in [3.8, 4) is 11.5 Å². The average Bonchev–Trinajstić information content (AvgIpc) is 3.46. The van der Waals surface area contributed by atoms with E-state index in [4.69, 9.17) is 24.5 Å². The van der Waals surface area contributed by atoms with Crippen molar-refractivity contribution in [2.24, 2.45) is 5.73 Å². The van der Waals surface area contributed by atoms with Crippen LogP contribution in [0.5, 0.6) is 11.5 Å². The molecule has 2 unspecified atom stereocenters. The van der Waals surface area contributed by atoms with Crippen molar-refractivity contribution >= 4 is 11.9 Å². The number of rotatable bonds is 15. The Balaban J connectivity index is 1.31. The summed E-state index contributed by atoms with van der Waals surface area (Å²) in [5.74, 6) is 1.08. The van der Waals surface area contributed by atoms with Crippen LogP contribution in [-0.2, 0) is 17.8 Å². The summed E-state index contributed by atoms with van der Waals surface area (Å²) in [6.45, 7) is 2.39. The Morgan fingerprint density at radius 2 is 1.54 bits per heavy atom. The molecule has 3 N–H and O–H groups in total. The number of Topliss-reactive ketones (excluding diaryl/α,β-unsaturated/α-hetero) is 1. The van der Waals surface area contributed by atoms with Crippen LogP contribution in [0.2, 0.25) is 0 Å². The maximum atomic E-state index is 13.2. The van der Waals surface area contributed by atoms with Crippen molar-refractivity contribution in [2.45, 2.75) is 51.5 Å². The molecule has 0 radical (unpaired) electrons. The van der Waals surface area contributed by atoms with Gasteiger partial charge in [-0.3, -0.25) is 4.79 Å². The van der Waals surface area contributed by atoms with Crippen LogP contribution >= 0.6 is 0 Å². The van der Waals surface area contributed by atoms with Gasteiger partial charge in [0.2, 0.25) is 23.8 Å². The first-order valence-corrected chi connectivity index (χ1v) is 13.5. The number of alkyl carbamates (subject to hydrolysis) is 1. The Morgan fingerprint density at radius 1 is 0.878 bits per heavy atom. The summed E-state index contributed by atoms with van der Waals surface area (Å²) in [5.41, 5.74) is 7.33. The minimum Gasteiger partial charge on any atom is -0.455 e. The Kier molecular flexibility index (Phi) is 10.8. The normalized spacial score (nSPS) is 12.2. The fourth-order valence-electron chi connectivity index (χ4n) is 4.02. The van der Waals surface area contributed by atoms with Gasteiger partial charge in [-0.1, -0.05) is 65.8 Å². The van der Waals surface area contributed by atoms with Crippen molar-refractivity contribution in [3.05, 3.63) is 108 Å². The number of benzene rings is 3. The zero-order chi connectivity index (χ0) is 28.9. The van der Waals surface area contributed by atoms with Crippen LogP contribution in [0.3, 0.4) is 0 Å². The molecule has 2 atom stereocenters. The number of carbonyl (C=O) groups excluding carboxylic acids is 2. The second-order valence-electron chi connectivity index (χ2n) is 9.36. The molecule has 0 aliphatic carbocycles. The molecule has 214 valence electrons. The number of ketones is 1. The average molecular weight is 559 g/mol. The second kappa shape index (κ2) is 15.2. The molecule has 1 aromatic heterocycles. The van der Waals surface area contributed by atoms with Gasteiger partial charge in [-0.05, 0) is 61.2 Å². The third-order valence-electron chi connectivity index (χ3n) is 6.08. The second-order valence-corrected chi connectivity index (χ2v) is 9.36. The number of hydrogen-bond acceptors (Lipinski definition) is 9. The van der Waals surface area contributed by atoms with Gasteiger partial charge < -0.3 is 29.8 Å². The van der Waals surface area contributed by atoms with Crippen molar-refractivity contribution in [3.63, 3.8) is 0 Å². The number of amides is 1. The molecule has 41 heavy (non-hydrogen) atoms. The Labute approximate surface area is 238 Å². The van der Waals surface area contributed by atoms with Crippen LogP contribution in [0.1, 0.15) is 53.8 Å². The first kappa shape index (κ1) is 29.3. The molecular formula is C31H34N4O6. The van der Waals surface area contributed by atoms with E-state index in [1.54, 1.807) is 0 Å². The van der Waals surface area contributed by atoms with Crippen LogP contribution in [-0.4, -0.2) is 40.9 Å². The maximum Gasteiger partial charge on any atom is 0.408 e. The summed E-state index contributed by atoms with van der Waals surface area (Å²) in [7, 11) is 0. The lowest BCUT2D eigenvalue weighted by Gasteiger charge is -2.16. The van der Waals surface area contributed by atoms with Crippen molar-refractivity contribution < 1.29 is 28.3 Å². The molecular weight excluding hydrogens is 524 g/mol. The summed E-state index contributed by atoms with van der Waals surface area (Å²) >= 11 is 0. The molecule has 10 nitrogen and oxygen atoms in total. The molecule has 1 heterocycles. The molecule has 0 bridgehead atoms. The van der Waals surface area contributed by atoms with Gasteiger partial charge in [-0.15, -0.1) is 0 Å². The standard InChI is InChI=1S/C31H34N4O6/c1-22(39-25-12-6-3-7-13-25)40-26-17-15-23(16-18-26)20-28-34-30(35-41-28)29(36)27(14-8-9-19-32)33-31(37)38-21-24-10-4-2-5-11-24/h2-7,10-13,15-18,22,27H,8-9,14,19-21,32H2,1H3,(H,33,37). The lowest BCUT2D eigenvalue weighted by Crippen LogP contribution is -2.41. The predicted molar refractivity (Wildman–Crippen MR) is 151 cm³/mol. The van der Waals surface area contributed by atoms with Gasteiger partial charge in [-0.25, -0.2) is 4.79 Å². The number of nitrogens with one attached hydrogen (secondary N) is 1. The Morgan fingerprint density at radius 3 is 2.22 bits per heavy atom. The van der Waals surface area contributed by atoms with Crippen LogP contribution in [0.25, 0.3) is 0 Å². The number of aromatic nitrogens is 2. The minimum absolute atomic E-state index is 0.0888. The largest absolute Gasteiger partial charge is 0.455 e. The van der Waals surface area contributed by atoms with E-state index in [-0.39, 0.29) is 18.3 Å². The number of nitrogens with zero attached hydrogens (tertiary/aromatic N) is 2. The van der Waals surface area contributed by atoms with Crippen molar-refractivity contribution in [1.82, 2.24) is 15.5 Å². The third-order valence-corrected chi connectivity index (χ3v) is 6.08. The van der Waals surface area contributed by atoms with Gasteiger partial charge >= 0.3 is 6.09 Å². The lowest BCUT2D eigenvalue weighted by molar-refractivity contribution is 0.0223. The SMILES string of the molecule is CC(Oc1ccccc1)Oc1ccc(Cc2nc(C(=O)C(CCCCN)NC(=O)OCc3ccccc3)no2)cc1. The summed E-state index contributed by atoms with van der Waals surface area (Å²) < 4.78 is 22.2. The van der Waals surface area contributed by atoms with E-state index in [0.717, 1.165) is 16.9 Å². The van der Waals surface area contributed by atoms with E-state index < -0.39 is 24.2 Å². The van der Waals surface area contributed by atoms with Gasteiger partial charge in [0, 0.05) is 6.92 Å². The highest BCUT2D eigenvalue weighted by atomic mass is 16.7. The summed E-state index contributed by atoms with van der Waals surface area (Å²) in [5, 5.41) is 6.51. The topological polar surface area (TPSA) is 139 Å². The van der Waals surface area contributed by atoms with Crippen LogP contribution in [0, 0.1) is 0 Å². The molecule has 4 aromatic rings. The Hall–Kier alpha value is -4.70. The van der Waals surface area contributed by atoms with E-state index in [9.17, 15) is 9.59 Å². The van der Waals surface area contributed by atoms with Crippen molar-refractivity contribution in [2.75, 3.05) is 6.54 Å². The molecule has 0 saturated heterocycles. The van der Waals surface area contributed by atoms with Gasteiger partial charge in [-0.2, -0.15) is 4.98 Å². The first-order valence-electron chi connectivity index (χ1n) is 13.5. The zero-order valence-electron chi connectivity index (χ0n) is 22.9. The Bertz CT molecular complexity index is 1360. The van der Waals surface area contributed by atoms with Gasteiger partial charge in [0.25, 0.3) is 0 Å². The maximum absolute atomic E-state index is 13.2. The van der Waals surface area contributed by atoms with Crippen LogP contribution < -0.4 is 20.5 Å². The van der Waals surface area contributed by atoms with Gasteiger partial charge in [0.15, 0.2) is 0 Å². The summed E-state index contributed by atoms with van der Waals surface area (Å²) in [6, 6.07) is 25.2. The van der Waals surface area contributed by atoms with E-state index in [2.05, 4.69) is 15.5 Å². The molecule has 1 amide bonds. The van der Waals surface area contributed by atoms with Gasteiger partial charge in [0.05, 0.1) is 12.5 Å². The first-order chi connectivity index (χ1) is 20.0. The molecule has 4 rings (SSSR count). The van der Waals surface area contributed by atoms with E-state index in [1.165, 1.54) is 0 Å². The minimum atomic E-state index is -0.869. The highest BCUT2D eigenvalue weighted by molar-refractivity contribution is 5.98. The van der Waals surface area contributed by atoms with Gasteiger partial charge in [0.1, 0.15) is 18.1 Å². The van der Waals surface area contributed by atoms with Crippen LogP contribution in [0.15, 0.2) is 89.5 Å². The highest BCUT2D eigenvalue weighted by Gasteiger charge is 2.27. The fourth-order valence-corrected chi connectivity index (χ4v) is 4.02. The third kappa shape index (κ3) is 9.47. The predicted octanol–water partition coefficient (Wildman–Crippen LogP) is 5.07. The molecule has 3 aromatic carbocycles. The number of hydrogen-bond donors (Lipinski definition) is 2. The number of carbonyl (C=O) groups is 2. The number of unbranched alkanes of at least 4 members (excludes halogenated alkanes) is 1. The molecule has 10 heteroatoms. The lowest BCUT2D eigenvalue weighted by atomic mass is 10.0. The molecule has 0 spiro atoms. The fraction of sp³-hybridized carbons (Fsp3) is 0.290. The number of para-hydroxylation sites is 1. The highest BCUT2D eigenvalue weighted by Crippen LogP contribution is 2.18. The molecule has 0 aliphatic heterocycles. The van der Waals surface area contributed by atoms with Crippen molar-refractivity contribution in [1.29, 1.82) is 0 Å². The summed E-state index contributed by atoms with van der Waals surface area (Å²) in [4.78, 5) is 29.9. The van der Waals surface area contributed by atoms with E-state index in [1.807, 2.05) is 91.9 Å².